The van der Waals surface area contributed by atoms with Gasteiger partial charge in [-0.05, 0) is 127 Å². The lowest BCUT2D eigenvalue weighted by Crippen LogP contribution is -2.43. The molecular weight excluding hydrogens is 672 g/mol. The second kappa shape index (κ2) is 15.3. The van der Waals surface area contributed by atoms with Crippen LogP contribution >= 0.6 is 0 Å². The Morgan fingerprint density at radius 2 is 1.66 bits per heavy atom. The lowest BCUT2D eigenvalue weighted by molar-refractivity contribution is 0.0188. The molecule has 12 nitrogen and oxygen atoms in total. The van der Waals surface area contributed by atoms with Gasteiger partial charge < -0.3 is 29.6 Å². The number of nitrogens with zero attached hydrogens (tertiary/aromatic N) is 4. The number of rotatable bonds is 8. The van der Waals surface area contributed by atoms with E-state index in [4.69, 9.17) is 9.47 Å². The standard InChI is InChI=1S/C41H54N6O6/c1-9-46(30-14-18-52-19-15-30)35-23-29(21-32(27(35)4)37(48)42-24-33-25(2)20-26(3)43-38(33)49)28-10-11-34-36(22-28)44(8)39(50)47(34)31-12-16-45(17-13-31)40(51)53-41(5,6)7/h10-11,20-23,30-31H,9,12-19,24H2,1-8H3,(H,42,48)(H,43,49). The van der Waals surface area contributed by atoms with E-state index in [2.05, 4.69) is 28.2 Å². The van der Waals surface area contributed by atoms with Gasteiger partial charge >= 0.3 is 11.8 Å². The fraction of sp³-hybridized carbons (Fsp3) is 0.512. The summed E-state index contributed by atoms with van der Waals surface area (Å²) in [4.78, 5) is 60.2. The Morgan fingerprint density at radius 3 is 2.30 bits per heavy atom. The van der Waals surface area contributed by atoms with Crippen LogP contribution in [0.25, 0.3) is 22.2 Å². The molecule has 6 rings (SSSR count). The van der Waals surface area contributed by atoms with Crippen LogP contribution in [0.15, 0.2) is 46.0 Å². The topological polar surface area (TPSA) is 131 Å². The van der Waals surface area contributed by atoms with E-state index in [0.717, 1.165) is 64.1 Å². The van der Waals surface area contributed by atoms with E-state index < -0.39 is 5.60 Å². The minimum absolute atomic E-state index is 0.0565. The third-order valence-corrected chi connectivity index (χ3v) is 10.7. The average Bonchev–Trinajstić information content (AvgIpc) is 3.36. The molecule has 2 aliphatic rings. The Bertz CT molecular complexity index is 2130. The number of carbonyl (C=O) groups excluding carboxylic acids is 2. The Morgan fingerprint density at radius 1 is 0.962 bits per heavy atom. The third kappa shape index (κ3) is 7.93. The molecule has 0 radical (unpaired) electrons. The quantitative estimate of drug-likeness (QED) is 0.224. The highest BCUT2D eigenvalue weighted by Gasteiger charge is 2.30. The number of likely N-dealkylation sites (tertiary alicyclic amines) is 1. The highest BCUT2D eigenvalue weighted by molar-refractivity contribution is 5.99. The maximum atomic E-state index is 14.0. The number of aryl methyl sites for hydroxylation is 3. The zero-order valence-corrected chi connectivity index (χ0v) is 32.4. The summed E-state index contributed by atoms with van der Waals surface area (Å²) in [6.07, 6.45) is 2.76. The number of nitrogens with one attached hydrogen (secondary N) is 2. The number of aromatic nitrogens is 3. The molecule has 2 amide bonds. The van der Waals surface area contributed by atoms with Gasteiger partial charge in [-0.1, -0.05) is 6.07 Å². The second-order valence-corrected chi connectivity index (χ2v) is 15.5. The molecule has 2 aromatic heterocycles. The highest BCUT2D eigenvalue weighted by Crippen LogP contribution is 2.36. The van der Waals surface area contributed by atoms with Gasteiger partial charge in [0.15, 0.2) is 0 Å². The van der Waals surface area contributed by atoms with Crippen LogP contribution in [0, 0.1) is 20.8 Å². The molecule has 2 N–H and O–H groups in total. The molecule has 53 heavy (non-hydrogen) atoms. The van der Waals surface area contributed by atoms with Gasteiger partial charge in [0, 0.05) is 81.0 Å². The zero-order chi connectivity index (χ0) is 38.2. The fourth-order valence-electron chi connectivity index (χ4n) is 7.92. The zero-order valence-electron chi connectivity index (χ0n) is 32.4. The number of piperidine rings is 1. The molecule has 0 unspecified atom stereocenters. The molecule has 0 bridgehead atoms. The van der Waals surface area contributed by atoms with Crippen LogP contribution in [0.3, 0.4) is 0 Å². The maximum absolute atomic E-state index is 14.0. The summed E-state index contributed by atoms with van der Waals surface area (Å²) in [6.45, 7) is 16.7. The normalized spacial score (nSPS) is 15.9. The first kappa shape index (κ1) is 37.9. The number of aromatic amines is 1. The molecule has 0 aliphatic carbocycles. The number of amides is 2. The van der Waals surface area contributed by atoms with Gasteiger partial charge in [-0.15, -0.1) is 0 Å². The third-order valence-electron chi connectivity index (χ3n) is 10.7. The van der Waals surface area contributed by atoms with Crippen molar-refractivity contribution < 1.29 is 19.1 Å². The average molecular weight is 727 g/mol. The molecule has 2 aromatic carbocycles. The van der Waals surface area contributed by atoms with Crippen molar-refractivity contribution in [3.63, 3.8) is 0 Å². The van der Waals surface area contributed by atoms with Crippen LogP contribution in [0.2, 0.25) is 0 Å². The molecule has 4 heterocycles. The van der Waals surface area contributed by atoms with E-state index in [-0.39, 0.29) is 41.9 Å². The van der Waals surface area contributed by atoms with Crippen LogP contribution in [0.4, 0.5) is 10.5 Å². The van der Waals surface area contributed by atoms with Crippen molar-refractivity contribution >= 4 is 28.7 Å². The molecule has 12 heteroatoms. The summed E-state index contributed by atoms with van der Waals surface area (Å²) < 4.78 is 14.8. The highest BCUT2D eigenvalue weighted by atomic mass is 16.6. The van der Waals surface area contributed by atoms with Crippen molar-refractivity contribution in [3.8, 4) is 11.1 Å². The van der Waals surface area contributed by atoms with Crippen molar-refractivity contribution in [2.75, 3.05) is 37.7 Å². The Balaban J connectivity index is 1.35. The lowest BCUT2D eigenvalue weighted by Gasteiger charge is -2.37. The van der Waals surface area contributed by atoms with Gasteiger partial charge in [-0.3, -0.25) is 18.7 Å². The molecular formula is C41H54N6O6. The van der Waals surface area contributed by atoms with Crippen molar-refractivity contribution in [2.45, 2.75) is 98.4 Å². The van der Waals surface area contributed by atoms with E-state index in [1.54, 1.807) is 16.5 Å². The number of fused-ring (bicyclic) bond motifs is 1. The molecule has 2 fully saturated rings. The van der Waals surface area contributed by atoms with Gasteiger partial charge in [-0.2, -0.15) is 0 Å². The van der Waals surface area contributed by atoms with E-state index in [1.807, 2.05) is 76.4 Å². The number of carbonyl (C=O) groups is 2. The summed E-state index contributed by atoms with van der Waals surface area (Å²) in [5, 5.41) is 3.03. The smallest absolute Gasteiger partial charge is 0.410 e. The number of ether oxygens (including phenoxy) is 2. The maximum Gasteiger partial charge on any atom is 0.410 e. The first-order chi connectivity index (χ1) is 25.2. The van der Waals surface area contributed by atoms with Crippen LogP contribution < -0.4 is 21.5 Å². The van der Waals surface area contributed by atoms with Crippen molar-refractivity contribution in [3.05, 3.63) is 85.2 Å². The summed E-state index contributed by atoms with van der Waals surface area (Å²) >= 11 is 0. The molecule has 0 spiro atoms. The summed E-state index contributed by atoms with van der Waals surface area (Å²) in [5.41, 5.74) is 7.01. The molecule has 0 atom stereocenters. The van der Waals surface area contributed by atoms with Crippen molar-refractivity contribution in [2.24, 2.45) is 7.05 Å². The minimum atomic E-state index is -0.568. The molecule has 4 aromatic rings. The fourth-order valence-corrected chi connectivity index (χ4v) is 7.92. The molecule has 2 saturated heterocycles. The van der Waals surface area contributed by atoms with Crippen LogP contribution in [-0.4, -0.2) is 75.5 Å². The number of H-pyrrole nitrogens is 1. The van der Waals surface area contributed by atoms with Gasteiger partial charge in [0.2, 0.25) is 0 Å². The van der Waals surface area contributed by atoms with Crippen LogP contribution in [-0.2, 0) is 23.1 Å². The number of hydrogen-bond acceptors (Lipinski definition) is 7. The first-order valence-electron chi connectivity index (χ1n) is 18.8. The lowest BCUT2D eigenvalue weighted by atomic mass is 9.95. The summed E-state index contributed by atoms with van der Waals surface area (Å²) in [6, 6.07) is 12.2. The Hall–Kier alpha value is -4.84. The Labute approximate surface area is 311 Å². The predicted octanol–water partition coefficient (Wildman–Crippen LogP) is 6.13. The van der Waals surface area contributed by atoms with Crippen molar-refractivity contribution in [1.82, 2.24) is 24.3 Å². The summed E-state index contributed by atoms with van der Waals surface area (Å²) in [7, 11) is 1.79. The number of pyridine rings is 1. The number of benzene rings is 2. The van der Waals surface area contributed by atoms with E-state index in [9.17, 15) is 19.2 Å². The molecule has 2 aliphatic heterocycles. The molecule has 284 valence electrons. The van der Waals surface area contributed by atoms with Gasteiger partial charge in [0.25, 0.3) is 11.5 Å². The summed E-state index contributed by atoms with van der Waals surface area (Å²) in [5.74, 6) is -0.259. The first-order valence-corrected chi connectivity index (χ1v) is 18.8. The van der Waals surface area contributed by atoms with Crippen LogP contribution in [0.5, 0.6) is 0 Å². The molecule has 0 saturated carbocycles. The van der Waals surface area contributed by atoms with Crippen LogP contribution in [0.1, 0.15) is 92.2 Å². The predicted molar refractivity (Wildman–Crippen MR) is 208 cm³/mol. The largest absolute Gasteiger partial charge is 0.444 e. The van der Waals surface area contributed by atoms with Gasteiger partial charge in [-0.25, -0.2) is 9.59 Å². The number of anilines is 1. The Kier molecular flexibility index (Phi) is 10.9. The van der Waals surface area contributed by atoms with Gasteiger partial charge in [0.05, 0.1) is 11.0 Å². The van der Waals surface area contributed by atoms with E-state index in [1.165, 1.54) is 0 Å². The second-order valence-electron chi connectivity index (χ2n) is 15.5. The van der Waals surface area contributed by atoms with Gasteiger partial charge in [0.1, 0.15) is 5.60 Å². The number of hydrogen-bond donors (Lipinski definition) is 2. The number of imidazole rings is 1. The van der Waals surface area contributed by atoms with E-state index in [0.29, 0.717) is 50.3 Å². The van der Waals surface area contributed by atoms with E-state index >= 15 is 0 Å². The minimum Gasteiger partial charge on any atom is -0.444 e. The monoisotopic (exact) mass is 726 g/mol. The SMILES string of the molecule is CCN(c1cc(-c2ccc3c(c2)n(C)c(=O)n3C2CCN(C(=O)OC(C)(C)C)CC2)cc(C(=O)NCc2c(C)cc(C)[nH]c2=O)c1C)C1CCOCC1. The van der Waals surface area contributed by atoms with Crippen molar-refractivity contribution in [1.29, 1.82) is 0 Å².